The van der Waals surface area contributed by atoms with Crippen LogP contribution in [0.4, 0.5) is 5.13 Å². The molecule has 2 aliphatic rings. The molecule has 25 heavy (non-hydrogen) atoms. The smallest absolute Gasteiger partial charge is 0.236 e. The van der Waals surface area contributed by atoms with Gasteiger partial charge in [0.1, 0.15) is 0 Å². The van der Waals surface area contributed by atoms with E-state index in [0.29, 0.717) is 16.2 Å². The SMILES string of the molecule is Cc1csc(NC(=O)CSc2nnc3c(n2)[C@@]2(C)CC[C@@H]3C2(C)C)n1. The minimum atomic E-state index is -0.100. The number of rotatable bonds is 4. The second-order valence-electron chi connectivity index (χ2n) is 7.60. The Morgan fingerprint density at radius 3 is 2.88 bits per heavy atom. The van der Waals surface area contributed by atoms with Crippen LogP contribution in [0.15, 0.2) is 10.5 Å². The zero-order valence-corrected chi connectivity index (χ0v) is 16.4. The Labute approximate surface area is 155 Å². The fourth-order valence-corrected chi connectivity index (χ4v) is 5.41. The standard InChI is InChI=1S/C17H21N5OS2/c1-9-7-24-14(18-9)19-11(23)8-25-15-20-13-12(21-22-15)10-5-6-17(13,4)16(10,2)3/h7,10H,5-6,8H2,1-4H3,(H,18,19,23)/t10-,17+/m0/s1. The fraction of sp³-hybridized carbons (Fsp3) is 0.588. The van der Waals surface area contributed by atoms with Crippen LogP contribution in [0.3, 0.4) is 0 Å². The Bertz CT molecular complexity index is 849. The number of aryl methyl sites for hydroxylation is 1. The van der Waals surface area contributed by atoms with E-state index in [1.165, 1.54) is 23.1 Å². The number of carbonyl (C=O) groups is 1. The van der Waals surface area contributed by atoms with Gasteiger partial charge in [-0.1, -0.05) is 32.5 Å². The number of hydrogen-bond acceptors (Lipinski definition) is 7. The Balaban J connectivity index is 1.46. The van der Waals surface area contributed by atoms with Crippen molar-refractivity contribution in [2.24, 2.45) is 5.41 Å². The lowest BCUT2D eigenvalue weighted by Crippen LogP contribution is -2.32. The molecule has 0 spiro atoms. The van der Waals surface area contributed by atoms with Crippen LogP contribution in [0.1, 0.15) is 56.6 Å². The molecule has 2 aromatic rings. The van der Waals surface area contributed by atoms with Gasteiger partial charge >= 0.3 is 0 Å². The molecule has 1 N–H and O–H groups in total. The van der Waals surface area contributed by atoms with Crippen LogP contribution < -0.4 is 5.32 Å². The summed E-state index contributed by atoms with van der Waals surface area (Å²) >= 11 is 2.75. The Morgan fingerprint density at radius 1 is 1.36 bits per heavy atom. The Kier molecular flexibility index (Phi) is 3.88. The first kappa shape index (κ1) is 16.9. The first-order valence-electron chi connectivity index (χ1n) is 8.41. The number of thiazole rings is 1. The van der Waals surface area contributed by atoms with Crippen molar-refractivity contribution in [3.63, 3.8) is 0 Å². The molecule has 6 nitrogen and oxygen atoms in total. The zero-order chi connectivity index (χ0) is 17.8. The summed E-state index contributed by atoms with van der Waals surface area (Å²) in [5, 5.41) is 14.7. The normalized spacial score (nSPS) is 25.8. The molecular formula is C17H21N5OS2. The van der Waals surface area contributed by atoms with Gasteiger partial charge < -0.3 is 5.32 Å². The number of nitrogens with zero attached hydrogens (tertiary/aromatic N) is 4. The maximum absolute atomic E-state index is 12.1. The molecule has 8 heteroatoms. The van der Waals surface area contributed by atoms with Gasteiger partial charge in [-0.15, -0.1) is 16.4 Å². The molecule has 0 aromatic carbocycles. The molecule has 1 saturated carbocycles. The van der Waals surface area contributed by atoms with Crippen molar-refractivity contribution in [1.82, 2.24) is 20.2 Å². The van der Waals surface area contributed by atoms with Crippen molar-refractivity contribution in [3.05, 3.63) is 22.5 Å². The predicted octanol–water partition coefficient (Wildman–Crippen LogP) is 3.54. The van der Waals surface area contributed by atoms with E-state index in [4.69, 9.17) is 4.98 Å². The molecule has 1 amide bonds. The van der Waals surface area contributed by atoms with Crippen molar-refractivity contribution in [1.29, 1.82) is 0 Å². The molecule has 0 radical (unpaired) electrons. The van der Waals surface area contributed by atoms with Crippen molar-refractivity contribution in [2.75, 3.05) is 11.1 Å². The van der Waals surface area contributed by atoms with Gasteiger partial charge in [-0.05, 0) is 25.2 Å². The highest BCUT2D eigenvalue weighted by molar-refractivity contribution is 7.99. The van der Waals surface area contributed by atoms with Crippen molar-refractivity contribution >= 4 is 34.1 Å². The molecule has 132 valence electrons. The van der Waals surface area contributed by atoms with Gasteiger partial charge in [0, 0.05) is 16.7 Å². The van der Waals surface area contributed by atoms with Gasteiger partial charge in [0.25, 0.3) is 0 Å². The van der Waals surface area contributed by atoms with Gasteiger partial charge in [0.15, 0.2) is 5.13 Å². The Hall–Kier alpha value is -1.54. The minimum absolute atomic E-state index is 0.0545. The summed E-state index contributed by atoms with van der Waals surface area (Å²) in [6.07, 6.45) is 2.30. The van der Waals surface area contributed by atoms with E-state index >= 15 is 0 Å². The van der Waals surface area contributed by atoms with Crippen LogP contribution in [0.2, 0.25) is 0 Å². The molecule has 2 heterocycles. The highest BCUT2D eigenvalue weighted by Crippen LogP contribution is 2.66. The number of anilines is 1. The monoisotopic (exact) mass is 375 g/mol. The highest BCUT2D eigenvalue weighted by atomic mass is 32.2. The molecule has 2 atom stereocenters. The van der Waals surface area contributed by atoms with Gasteiger partial charge in [-0.2, -0.15) is 5.10 Å². The summed E-state index contributed by atoms with van der Waals surface area (Å²) in [5.74, 6) is 0.599. The third kappa shape index (κ3) is 2.57. The van der Waals surface area contributed by atoms with E-state index in [1.807, 2.05) is 12.3 Å². The zero-order valence-electron chi connectivity index (χ0n) is 14.8. The predicted molar refractivity (Wildman–Crippen MR) is 99.1 cm³/mol. The maximum Gasteiger partial charge on any atom is 0.236 e. The number of fused-ring (bicyclic) bond motifs is 5. The summed E-state index contributed by atoms with van der Waals surface area (Å²) in [7, 11) is 0. The average molecular weight is 376 g/mol. The third-order valence-electron chi connectivity index (χ3n) is 5.97. The molecular weight excluding hydrogens is 354 g/mol. The van der Waals surface area contributed by atoms with Gasteiger partial charge in [0.05, 0.1) is 22.8 Å². The molecule has 0 unspecified atom stereocenters. The lowest BCUT2D eigenvalue weighted by Gasteiger charge is -2.33. The van der Waals surface area contributed by atoms with Crippen LogP contribution in [0.25, 0.3) is 0 Å². The maximum atomic E-state index is 12.1. The van der Waals surface area contributed by atoms with Crippen LogP contribution >= 0.6 is 23.1 Å². The molecule has 2 bridgehead atoms. The summed E-state index contributed by atoms with van der Waals surface area (Å²) in [6.45, 7) is 8.81. The largest absolute Gasteiger partial charge is 0.301 e. The van der Waals surface area contributed by atoms with E-state index in [0.717, 1.165) is 29.9 Å². The number of carbonyl (C=O) groups excluding carboxylic acids is 1. The van der Waals surface area contributed by atoms with E-state index in [1.54, 1.807) is 0 Å². The van der Waals surface area contributed by atoms with E-state index in [9.17, 15) is 4.79 Å². The van der Waals surface area contributed by atoms with Crippen LogP contribution in [0.5, 0.6) is 0 Å². The summed E-state index contributed by atoms with van der Waals surface area (Å²) in [5.41, 5.74) is 3.28. The average Bonchev–Trinajstić information content (AvgIpc) is 3.12. The molecule has 0 saturated heterocycles. The van der Waals surface area contributed by atoms with Crippen molar-refractivity contribution < 1.29 is 4.79 Å². The van der Waals surface area contributed by atoms with Crippen molar-refractivity contribution in [3.8, 4) is 0 Å². The number of nitrogens with one attached hydrogen (secondary N) is 1. The van der Waals surface area contributed by atoms with Crippen LogP contribution in [0, 0.1) is 12.3 Å². The highest BCUT2D eigenvalue weighted by Gasteiger charge is 2.61. The van der Waals surface area contributed by atoms with E-state index in [-0.39, 0.29) is 22.5 Å². The Morgan fingerprint density at radius 2 is 2.16 bits per heavy atom. The minimum Gasteiger partial charge on any atom is -0.301 e. The third-order valence-corrected chi connectivity index (χ3v) is 7.68. The van der Waals surface area contributed by atoms with Gasteiger partial charge in [-0.3, -0.25) is 4.79 Å². The summed E-state index contributed by atoms with van der Waals surface area (Å²) in [6, 6.07) is 0. The van der Waals surface area contributed by atoms with Crippen molar-refractivity contribution in [2.45, 2.75) is 57.0 Å². The quantitative estimate of drug-likeness (QED) is 0.823. The second kappa shape index (κ2) is 5.74. The first-order valence-corrected chi connectivity index (χ1v) is 10.3. The van der Waals surface area contributed by atoms with E-state index in [2.05, 4.69) is 41.3 Å². The van der Waals surface area contributed by atoms with Gasteiger partial charge in [-0.25, -0.2) is 9.97 Å². The molecule has 1 fully saturated rings. The second-order valence-corrected chi connectivity index (χ2v) is 9.40. The summed E-state index contributed by atoms with van der Waals surface area (Å²) in [4.78, 5) is 21.1. The lowest BCUT2D eigenvalue weighted by atomic mass is 9.70. The first-order chi connectivity index (χ1) is 11.8. The van der Waals surface area contributed by atoms with Crippen LogP contribution in [-0.4, -0.2) is 31.8 Å². The lowest BCUT2D eigenvalue weighted by molar-refractivity contribution is -0.113. The van der Waals surface area contributed by atoms with Gasteiger partial charge in [0.2, 0.25) is 11.1 Å². The van der Waals surface area contributed by atoms with Crippen LogP contribution in [-0.2, 0) is 10.2 Å². The molecule has 0 aliphatic heterocycles. The molecule has 4 rings (SSSR count). The fourth-order valence-electron chi connectivity index (χ4n) is 4.12. The van der Waals surface area contributed by atoms with E-state index < -0.39 is 0 Å². The number of hydrogen-bond donors (Lipinski definition) is 1. The molecule has 2 aromatic heterocycles. The topological polar surface area (TPSA) is 80.7 Å². The number of aromatic nitrogens is 4. The summed E-state index contributed by atoms with van der Waals surface area (Å²) < 4.78 is 0. The number of thioether (sulfide) groups is 1. The number of amides is 1. The molecule has 2 aliphatic carbocycles.